The predicted molar refractivity (Wildman–Crippen MR) is 96.1 cm³/mol. The van der Waals surface area contributed by atoms with Gasteiger partial charge in [-0.05, 0) is 63.7 Å². The van der Waals surface area contributed by atoms with E-state index in [-0.39, 0.29) is 5.91 Å². The van der Waals surface area contributed by atoms with E-state index < -0.39 is 5.60 Å². The Hall–Kier alpha value is -1.39. The molecule has 0 saturated carbocycles. The zero-order valence-corrected chi connectivity index (χ0v) is 15.1. The van der Waals surface area contributed by atoms with Gasteiger partial charge in [-0.25, -0.2) is 0 Å². The van der Waals surface area contributed by atoms with E-state index >= 15 is 0 Å². The van der Waals surface area contributed by atoms with Crippen molar-refractivity contribution in [3.05, 3.63) is 34.9 Å². The average molecular weight is 330 g/mol. The minimum absolute atomic E-state index is 0.142. The first-order valence-electron chi connectivity index (χ1n) is 9.24. The monoisotopic (exact) mass is 330 g/mol. The normalized spacial score (nSPS) is 25.2. The third kappa shape index (κ3) is 4.17. The van der Waals surface area contributed by atoms with Crippen LogP contribution in [0.1, 0.15) is 42.4 Å². The minimum Gasteiger partial charge on any atom is -0.387 e. The number of piperidine rings is 1. The zero-order valence-electron chi connectivity index (χ0n) is 15.1. The number of amides is 1. The van der Waals surface area contributed by atoms with Gasteiger partial charge in [-0.2, -0.15) is 0 Å². The lowest BCUT2D eigenvalue weighted by Crippen LogP contribution is -2.55. The third-order valence-corrected chi connectivity index (χ3v) is 5.47. The Kier molecular flexibility index (Phi) is 5.26. The Labute approximate surface area is 145 Å². The van der Waals surface area contributed by atoms with Crippen molar-refractivity contribution in [2.45, 2.75) is 51.6 Å². The van der Waals surface area contributed by atoms with Gasteiger partial charge in [-0.1, -0.05) is 23.8 Å². The van der Waals surface area contributed by atoms with Crippen molar-refractivity contribution in [2.75, 3.05) is 32.7 Å². The number of carbonyl (C=O) groups is 1. The lowest BCUT2D eigenvalue weighted by molar-refractivity contribution is -0.138. The number of rotatable bonds is 4. The molecule has 2 saturated heterocycles. The van der Waals surface area contributed by atoms with Crippen LogP contribution in [0.2, 0.25) is 0 Å². The molecule has 1 aromatic rings. The van der Waals surface area contributed by atoms with Crippen molar-refractivity contribution in [2.24, 2.45) is 0 Å². The highest BCUT2D eigenvalue weighted by atomic mass is 16.3. The van der Waals surface area contributed by atoms with Crippen LogP contribution in [0.15, 0.2) is 18.2 Å². The third-order valence-electron chi connectivity index (χ3n) is 5.47. The summed E-state index contributed by atoms with van der Waals surface area (Å²) in [6.07, 6.45) is 4.59. The zero-order chi connectivity index (χ0) is 17.2. The SMILES string of the molecule is Cc1ccc(C)c(CC(=O)N2CCC[C@@](O)(CN3CCCC3)C2)c1. The quantitative estimate of drug-likeness (QED) is 0.921. The van der Waals surface area contributed by atoms with Crippen LogP contribution in [0, 0.1) is 13.8 Å². The molecule has 4 heteroatoms. The van der Waals surface area contributed by atoms with Crippen molar-refractivity contribution >= 4 is 5.91 Å². The molecule has 24 heavy (non-hydrogen) atoms. The van der Waals surface area contributed by atoms with Gasteiger partial charge in [-0.3, -0.25) is 4.79 Å². The van der Waals surface area contributed by atoms with Gasteiger partial charge in [0.15, 0.2) is 0 Å². The van der Waals surface area contributed by atoms with Gasteiger partial charge in [0.1, 0.15) is 0 Å². The van der Waals surface area contributed by atoms with E-state index in [0.29, 0.717) is 19.5 Å². The number of carbonyl (C=O) groups excluding carboxylic acids is 1. The number of aliphatic hydroxyl groups is 1. The minimum atomic E-state index is -0.736. The van der Waals surface area contributed by atoms with E-state index in [9.17, 15) is 9.90 Å². The first-order valence-corrected chi connectivity index (χ1v) is 9.24. The highest BCUT2D eigenvalue weighted by molar-refractivity contribution is 5.79. The average Bonchev–Trinajstić information content (AvgIpc) is 3.03. The van der Waals surface area contributed by atoms with E-state index in [1.165, 1.54) is 24.0 Å². The van der Waals surface area contributed by atoms with Crippen LogP contribution >= 0.6 is 0 Å². The number of hydrogen-bond donors (Lipinski definition) is 1. The van der Waals surface area contributed by atoms with Gasteiger partial charge < -0.3 is 14.9 Å². The lowest BCUT2D eigenvalue weighted by atomic mass is 9.91. The van der Waals surface area contributed by atoms with E-state index in [0.717, 1.165) is 38.0 Å². The molecule has 0 aromatic heterocycles. The summed E-state index contributed by atoms with van der Waals surface area (Å²) >= 11 is 0. The number of hydrogen-bond acceptors (Lipinski definition) is 3. The van der Waals surface area contributed by atoms with Crippen molar-refractivity contribution in [1.29, 1.82) is 0 Å². The molecule has 1 N–H and O–H groups in total. The van der Waals surface area contributed by atoms with Gasteiger partial charge in [0.05, 0.1) is 18.6 Å². The molecule has 3 rings (SSSR count). The Morgan fingerprint density at radius 1 is 1.17 bits per heavy atom. The van der Waals surface area contributed by atoms with E-state index in [1.54, 1.807) is 0 Å². The van der Waals surface area contributed by atoms with E-state index in [4.69, 9.17) is 0 Å². The smallest absolute Gasteiger partial charge is 0.227 e. The molecule has 2 heterocycles. The standard InChI is InChI=1S/C20H30N2O2/c1-16-6-7-17(2)18(12-16)13-19(23)22-11-5-8-20(24,15-22)14-21-9-3-4-10-21/h6-7,12,24H,3-5,8-11,13-15H2,1-2H3/t20-/m1/s1. The van der Waals surface area contributed by atoms with Crippen LogP contribution < -0.4 is 0 Å². The molecule has 0 unspecified atom stereocenters. The number of nitrogens with zero attached hydrogens (tertiary/aromatic N) is 2. The first-order chi connectivity index (χ1) is 11.5. The first kappa shape index (κ1) is 17.4. The molecule has 1 atom stereocenters. The molecular formula is C20H30N2O2. The maximum absolute atomic E-state index is 12.8. The summed E-state index contributed by atoms with van der Waals surface area (Å²) in [5, 5.41) is 11.0. The summed E-state index contributed by atoms with van der Waals surface area (Å²) < 4.78 is 0. The molecule has 0 aliphatic carbocycles. The van der Waals surface area contributed by atoms with Crippen LogP contribution in [0.25, 0.3) is 0 Å². The van der Waals surface area contributed by atoms with Crippen LogP contribution in [-0.2, 0) is 11.2 Å². The largest absolute Gasteiger partial charge is 0.387 e. The summed E-state index contributed by atoms with van der Waals surface area (Å²) in [5.74, 6) is 0.142. The molecule has 2 aliphatic heterocycles. The second-order valence-electron chi connectivity index (χ2n) is 7.73. The Morgan fingerprint density at radius 3 is 2.67 bits per heavy atom. The highest BCUT2D eigenvalue weighted by Crippen LogP contribution is 2.25. The Balaban J connectivity index is 1.63. The maximum Gasteiger partial charge on any atom is 0.227 e. The van der Waals surface area contributed by atoms with Crippen molar-refractivity contribution in [3.8, 4) is 0 Å². The predicted octanol–water partition coefficient (Wildman–Crippen LogP) is 2.30. The number of likely N-dealkylation sites (tertiary alicyclic amines) is 2. The summed E-state index contributed by atoms with van der Waals surface area (Å²) in [6.45, 7) is 8.24. The fourth-order valence-electron chi connectivity index (χ4n) is 4.08. The van der Waals surface area contributed by atoms with Crippen molar-refractivity contribution in [1.82, 2.24) is 9.80 Å². The van der Waals surface area contributed by atoms with Crippen LogP contribution in [-0.4, -0.2) is 59.1 Å². The van der Waals surface area contributed by atoms with Gasteiger partial charge in [0.2, 0.25) is 5.91 Å². The number of β-amino-alcohol motifs (C(OH)–C–C–N with tert-alkyl or cyclic N) is 1. The lowest BCUT2D eigenvalue weighted by Gasteiger charge is -2.41. The van der Waals surface area contributed by atoms with E-state index in [1.807, 2.05) is 4.90 Å². The molecule has 0 radical (unpaired) electrons. The molecule has 132 valence electrons. The van der Waals surface area contributed by atoms with Crippen LogP contribution in [0.5, 0.6) is 0 Å². The molecule has 0 spiro atoms. The van der Waals surface area contributed by atoms with Crippen LogP contribution in [0.3, 0.4) is 0 Å². The summed E-state index contributed by atoms with van der Waals surface area (Å²) in [4.78, 5) is 17.0. The topological polar surface area (TPSA) is 43.8 Å². The molecule has 0 bridgehead atoms. The molecular weight excluding hydrogens is 300 g/mol. The summed E-state index contributed by atoms with van der Waals surface area (Å²) in [7, 11) is 0. The van der Waals surface area contributed by atoms with Gasteiger partial charge >= 0.3 is 0 Å². The summed E-state index contributed by atoms with van der Waals surface area (Å²) in [5.41, 5.74) is 2.72. The maximum atomic E-state index is 12.8. The highest BCUT2D eigenvalue weighted by Gasteiger charge is 2.37. The van der Waals surface area contributed by atoms with Gasteiger partial charge in [-0.15, -0.1) is 0 Å². The van der Waals surface area contributed by atoms with Crippen LogP contribution in [0.4, 0.5) is 0 Å². The molecule has 2 aliphatic rings. The molecule has 1 aromatic carbocycles. The molecule has 1 amide bonds. The van der Waals surface area contributed by atoms with E-state index in [2.05, 4.69) is 36.9 Å². The summed E-state index contributed by atoms with van der Waals surface area (Å²) in [6, 6.07) is 6.27. The van der Waals surface area contributed by atoms with Crippen molar-refractivity contribution < 1.29 is 9.90 Å². The number of benzene rings is 1. The van der Waals surface area contributed by atoms with Gasteiger partial charge in [0, 0.05) is 13.1 Å². The fraction of sp³-hybridized carbons (Fsp3) is 0.650. The molecule has 2 fully saturated rings. The second-order valence-corrected chi connectivity index (χ2v) is 7.73. The fourth-order valence-corrected chi connectivity index (χ4v) is 4.08. The molecule has 4 nitrogen and oxygen atoms in total. The Morgan fingerprint density at radius 2 is 1.92 bits per heavy atom. The van der Waals surface area contributed by atoms with Crippen molar-refractivity contribution in [3.63, 3.8) is 0 Å². The second kappa shape index (κ2) is 7.24. The number of aryl methyl sites for hydroxylation is 2. The van der Waals surface area contributed by atoms with Gasteiger partial charge in [0.25, 0.3) is 0 Å². The Bertz CT molecular complexity index is 595.